The van der Waals surface area contributed by atoms with Gasteiger partial charge in [-0.3, -0.25) is 9.78 Å². The van der Waals surface area contributed by atoms with Gasteiger partial charge < -0.3 is 20.5 Å². The van der Waals surface area contributed by atoms with E-state index in [2.05, 4.69) is 10.3 Å². The monoisotopic (exact) mass is 416 g/mol. The van der Waals surface area contributed by atoms with Crippen LogP contribution in [0.25, 0.3) is 10.9 Å². The Morgan fingerprint density at radius 1 is 1.07 bits per heavy atom. The minimum atomic E-state index is -4.44. The van der Waals surface area contributed by atoms with Crippen LogP contribution in [0.4, 0.5) is 23.7 Å². The summed E-state index contributed by atoms with van der Waals surface area (Å²) in [5.74, 6) is -0.622. The van der Waals surface area contributed by atoms with Crippen LogP contribution in [0.3, 0.4) is 0 Å². The summed E-state index contributed by atoms with van der Waals surface area (Å²) in [5.41, 5.74) is 0.881. The van der Waals surface area contributed by atoms with E-state index >= 15 is 0 Å². The standard InChI is InChI=1S/C21H18F3N3O3/c22-21(23,24)15-8-5-13(6-9-15)7-10-18(27-20(29)30)19(28)26-16-11-14-3-1-2-4-17(14)25-12-16/h1-6,8-9,11-12,18,27H,7,10H2,(H,26,28)(H,29,30)/p-1/t18-/m1/s1. The molecule has 0 radical (unpaired) electrons. The predicted molar refractivity (Wildman–Crippen MR) is 102 cm³/mol. The lowest BCUT2D eigenvalue weighted by molar-refractivity contribution is -0.251. The van der Waals surface area contributed by atoms with Gasteiger partial charge in [0, 0.05) is 5.39 Å². The first-order valence-corrected chi connectivity index (χ1v) is 9.02. The number of aromatic nitrogens is 1. The Morgan fingerprint density at radius 2 is 1.77 bits per heavy atom. The van der Waals surface area contributed by atoms with E-state index in [1.54, 1.807) is 6.07 Å². The Morgan fingerprint density at radius 3 is 2.43 bits per heavy atom. The van der Waals surface area contributed by atoms with Crippen LogP contribution in [0, 0.1) is 0 Å². The van der Waals surface area contributed by atoms with Crippen LogP contribution in [0.5, 0.6) is 0 Å². The third-order valence-corrected chi connectivity index (χ3v) is 4.47. The summed E-state index contributed by atoms with van der Waals surface area (Å²) in [5, 5.41) is 16.4. The molecule has 0 saturated carbocycles. The van der Waals surface area contributed by atoms with Crippen LogP contribution in [-0.2, 0) is 17.4 Å². The number of rotatable bonds is 6. The fraction of sp³-hybridized carbons (Fsp3) is 0.190. The van der Waals surface area contributed by atoms with E-state index in [-0.39, 0.29) is 12.8 Å². The zero-order valence-electron chi connectivity index (χ0n) is 15.6. The molecule has 1 atom stereocenters. The number of aryl methyl sites for hydroxylation is 1. The zero-order chi connectivity index (χ0) is 21.7. The van der Waals surface area contributed by atoms with Crippen molar-refractivity contribution in [2.24, 2.45) is 0 Å². The maximum Gasteiger partial charge on any atom is 0.416 e. The fourth-order valence-corrected chi connectivity index (χ4v) is 2.95. The number of amides is 2. The quantitative estimate of drug-likeness (QED) is 0.646. The van der Waals surface area contributed by atoms with Crippen LogP contribution >= 0.6 is 0 Å². The third kappa shape index (κ3) is 5.47. The summed E-state index contributed by atoms with van der Waals surface area (Å²) in [6.45, 7) is 0. The highest BCUT2D eigenvalue weighted by molar-refractivity contribution is 5.97. The molecule has 3 aromatic rings. The lowest BCUT2D eigenvalue weighted by Crippen LogP contribution is -2.49. The first-order chi connectivity index (χ1) is 14.2. The smallest absolute Gasteiger partial charge is 0.416 e. The molecule has 0 aliphatic heterocycles. The van der Waals surface area contributed by atoms with Crippen molar-refractivity contribution in [2.75, 3.05) is 5.32 Å². The largest absolute Gasteiger partial charge is 0.530 e. The van der Waals surface area contributed by atoms with Gasteiger partial charge in [-0.25, -0.2) is 0 Å². The van der Waals surface area contributed by atoms with Crippen LogP contribution < -0.4 is 15.7 Å². The number of fused-ring (bicyclic) bond motifs is 1. The van der Waals surface area contributed by atoms with Crippen molar-refractivity contribution in [2.45, 2.75) is 25.1 Å². The number of carbonyl (C=O) groups is 2. The molecule has 0 bridgehead atoms. The fourth-order valence-electron chi connectivity index (χ4n) is 2.95. The molecule has 9 heteroatoms. The Labute approximate surface area is 169 Å². The van der Waals surface area contributed by atoms with Crippen molar-refractivity contribution >= 4 is 28.6 Å². The highest BCUT2D eigenvalue weighted by atomic mass is 19.4. The van der Waals surface area contributed by atoms with Crippen LogP contribution in [0.2, 0.25) is 0 Å². The van der Waals surface area contributed by atoms with E-state index in [4.69, 9.17) is 0 Å². The van der Waals surface area contributed by atoms with Gasteiger partial charge in [0.2, 0.25) is 5.91 Å². The summed E-state index contributed by atoms with van der Waals surface area (Å²) < 4.78 is 37.9. The van der Waals surface area contributed by atoms with E-state index < -0.39 is 29.8 Å². The maximum absolute atomic E-state index is 12.6. The minimum absolute atomic E-state index is 0.0339. The van der Waals surface area contributed by atoms with Crippen molar-refractivity contribution < 1.29 is 27.9 Å². The second-order valence-corrected chi connectivity index (χ2v) is 6.62. The SMILES string of the molecule is O=C([O-])N[C@H](CCc1ccc(C(F)(F)F)cc1)C(=O)Nc1cnc2ccccc2c1. The van der Waals surface area contributed by atoms with Gasteiger partial charge in [-0.1, -0.05) is 30.3 Å². The molecule has 0 aliphatic carbocycles. The first kappa shape index (κ1) is 21.1. The Kier molecular flexibility index (Phi) is 6.20. The number of hydrogen-bond acceptors (Lipinski definition) is 4. The van der Waals surface area contributed by atoms with Crippen molar-refractivity contribution in [1.29, 1.82) is 0 Å². The van der Waals surface area contributed by atoms with Gasteiger partial charge in [0.05, 0.1) is 23.0 Å². The van der Waals surface area contributed by atoms with Gasteiger partial charge in [0.25, 0.3) is 0 Å². The van der Waals surface area contributed by atoms with Gasteiger partial charge in [-0.2, -0.15) is 13.2 Å². The van der Waals surface area contributed by atoms with Crippen molar-refractivity contribution in [3.05, 3.63) is 71.9 Å². The van der Waals surface area contributed by atoms with Crippen LogP contribution in [0.1, 0.15) is 17.5 Å². The number of nitrogens with zero attached hydrogens (tertiary/aromatic N) is 1. The van der Waals surface area contributed by atoms with Gasteiger partial charge in [-0.15, -0.1) is 0 Å². The summed E-state index contributed by atoms with van der Waals surface area (Å²) in [6.07, 6.45) is -4.39. The number of hydrogen-bond donors (Lipinski definition) is 2. The molecule has 30 heavy (non-hydrogen) atoms. The molecule has 0 saturated heterocycles. The number of pyridine rings is 1. The number of benzene rings is 2. The number of carbonyl (C=O) groups excluding carboxylic acids is 2. The van der Waals surface area contributed by atoms with Gasteiger partial charge in [0.1, 0.15) is 12.1 Å². The summed E-state index contributed by atoms with van der Waals surface area (Å²) in [7, 11) is 0. The highest BCUT2D eigenvalue weighted by Gasteiger charge is 2.30. The normalized spacial score (nSPS) is 12.4. The summed E-state index contributed by atoms with van der Waals surface area (Å²) in [6, 6.07) is 12.3. The molecule has 2 aromatic carbocycles. The number of para-hydroxylation sites is 1. The molecule has 0 spiro atoms. The molecule has 1 aromatic heterocycles. The van der Waals surface area contributed by atoms with Gasteiger partial charge >= 0.3 is 6.18 Å². The molecule has 1 heterocycles. The molecule has 6 nitrogen and oxygen atoms in total. The minimum Gasteiger partial charge on any atom is -0.530 e. The highest BCUT2D eigenvalue weighted by Crippen LogP contribution is 2.29. The molecule has 0 unspecified atom stereocenters. The molecule has 2 amide bonds. The maximum atomic E-state index is 12.6. The van der Waals surface area contributed by atoms with Crippen molar-refractivity contribution in [3.63, 3.8) is 0 Å². The Hall–Kier alpha value is -3.62. The second-order valence-electron chi connectivity index (χ2n) is 6.62. The number of carboxylic acid groups (broad SMARTS) is 1. The van der Waals surface area contributed by atoms with E-state index in [1.165, 1.54) is 18.3 Å². The first-order valence-electron chi connectivity index (χ1n) is 9.02. The van der Waals surface area contributed by atoms with E-state index in [9.17, 15) is 27.9 Å². The average molecular weight is 416 g/mol. The number of halogens is 3. The third-order valence-electron chi connectivity index (χ3n) is 4.47. The van der Waals surface area contributed by atoms with E-state index in [0.29, 0.717) is 11.3 Å². The number of alkyl halides is 3. The topological polar surface area (TPSA) is 94.1 Å². The van der Waals surface area contributed by atoms with Crippen LogP contribution in [0.15, 0.2) is 60.8 Å². The van der Waals surface area contributed by atoms with E-state index in [1.807, 2.05) is 29.6 Å². The zero-order valence-corrected chi connectivity index (χ0v) is 15.6. The lowest BCUT2D eigenvalue weighted by Gasteiger charge is -2.20. The predicted octanol–water partition coefficient (Wildman–Crippen LogP) is 3.13. The number of anilines is 1. The molecule has 2 N–H and O–H groups in total. The van der Waals surface area contributed by atoms with Gasteiger partial charge in [-0.05, 0) is 42.7 Å². The Bertz CT molecular complexity index is 1050. The molecular weight excluding hydrogens is 399 g/mol. The van der Waals surface area contributed by atoms with Crippen LogP contribution in [-0.4, -0.2) is 23.0 Å². The van der Waals surface area contributed by atoms with Crippen molar-refractivity contribution in [1.82, 2.24) is 10.3 Å². The van der Waals surface area contributed by atoms with Crippen molar-refractivity contribution in [3.8, 4) is 0 Å². The Balaban J connectivity index is 1.68. The molecule has 0 aliphatic rings. The molecule has 156 valence electrons. The molecule has 3 rings (SSSR count). The lowest BCUT2D eigenvalue weighted by atomic mass is 10.0. The summed E-state index contributed by atoms with van der Waals surface area (Å²) in [4.78, 5) is 27.7. The number of nitrogens with one attached hydrogen (secondary N) is 2. The molecular formula is C21H17F3N3O3-. The average Bonchev–Trinajstić information content (AvgIpc) is 2.70. The summed E-state index contributed by atoms with van der Waals surface area (Å²) >= 11 is 0. The molecule has 0 fully saturated rings. The second kappa shape index (κ2) is 8.81. The van der Waals surface area contributed by atoms with Gasteiger partial charge in [0.15, 0.2) is 0 Å². The van der Waals surface area contributed by atoms with E-state index in [0.717, 1.165) is 23.0 Å².